The molecule has 0 radical (unpaired) electrons. The van der Waals surface area contributed by atoms with Gasteiger partial charge >= 0.3 is 9.28 Å². The molecule has 98 valence electrons. The van der Waals surface area contributed by atoms with Gasteiger partial charge in [0.15, 0.2) is 0 Å². The maximum atomic E-state index is 5.36. The molecule has 1 rings (SSSR count). The highest BCUT2D eigenvalue weighted by molar-refractivity contribution is 6.50. The van der Waals surface area contributed by atoms with E-state index in [4.69, 9.17) is 14.6 Å². The van der Waals surface area contributed by atoms with Crippen LogP contribution in [0.2, 0.25) is 0 Å². The molecule has 0 fully saturated rings. The summed E-state index contributed by atoms with van der Waals surface area (Å²) in [4.78, 5) is 0. The minimum Gasteiger partial charge on any atom is -0.412 e. The van der Waals surface area contributed by atoms with Gasteiger partial charge < -0.3 is 20.1 Å². The number of nitrogens with two attached hydrogens (primary N) is 1. The molecule has 0 aliphatic rings. The number of nitrogen functional groups attached to an aromatic ring is 1. The van der Waals surface area contributed by atoms with Gasteiger partial charge in [-0.3, -0.25) is 0 Å². The number of para-hydroxylation sites is 1. The van der Waals surface area contributed by atoms with E-state index in [0.717, 1.165) is 18.9 Å². The quantitative estimate of drug-likeness (QED) is 0.640. The monoisotopic (exact) mass is 257 g/mol. The van der Waals surface area contributed by atoms with Crippen molar-refractivity contribution < 1.29 is 14.3 Å². The fourth-order valence-corrected chi connectivity index (χ4v) is 1.99. The van der Waals surface area contributed by atoms with Gasteiger partial charge in [-0.1, -0.05) is 23.9 Å². The Bertz CT molecular complexity index is 264. The Morgan fingerprint density at radius 3 is 1.88 bits per heavy atom. The molecule has 0 unspecified atom stereocenters. The molecule has 17 heavy (non-hydrogen) atoms. The minimum absolute atomic E-state index is 0. The summed E-state index contributed by atoms with van der Waals surface area (Å²) in [6.07, 6.45) is 0. The van der Waals surface area contributed by atoms with Crippen molar-refractivity contribution in [2.75, 3.05) is 18.9 Å². The second-order valence-corrected chi connectivity index (χ2v) is 4.80. The highest BCUT2D eigenvalue weighted by atomic mass is 28.3. The van der Waals surface area contributed by atoms with Crippen LogP contribution in [-0.2, 0) is 8.85 Å². The summed E-state index contributed by atoms with van der Waals surface area (Å²) in [6, 6.07) is 9.49. The van der Waals surface area contributed by atoms with Crippen LogP contribution >= 0.6 is 0 Å². The molecule has 0 atom stereocenters. The molecule has 1 aromatic rings. The van der Waals surface area contributed by atoms with E-state index >= 15 is 0 Å². The second kappa shape index (κ2) is 12.9. The Labute approximate surface area is 105 Å². The molecule has 0 heterocycles. The summed E-state index contributed by atoms with van der Waals surface area (Å²) in [5.74, 6) is 0. The Kier molecular flexibility index (Phi) is 13.9. The number of hydrogen-bond acceptors (Lipinski definition) is 3. The summed E-state index contributed by atoms with van der Waals surface area (Å²) in [5, 5.41) is 0. The highest BCUT2D eigenvalue weighted by Gasteiger charge is 2.03. The predicted octanol–water partition coefficient (Wildman–Crippen LogP) is 1.45. The van der Waals surface area contributed by atoms with E-state index in [0.29, 0.717) is 0 Å². The third kappa shape index (κ3) is 11.1. The minimum atomic E-state index is -1.45. The van der Waals surface area contributed by atoms with Crippen LogP contribution in [0.15, 0.2) is 42.6 Å². The third-order valence-electron chi connectivity index (χ3n) is 1.65. The average molecular weight is 257 g/mol. The van der Waals surface area contributed by atoms with Gasteiger partial charge in [0.1, 0.15) is 0 Å². The van der Waals surface area contributed by atoms with E-state index in [1.807, 2.05) is 44.2 Å². The standard InChI is InChI=1S/C6H7N.C6H14O2Si.H2O/c7-6-4-2-1-3-5-6;1-4-7-9(6-3)8-5-2;/h1-5H,7H2;6,9H,3-5H2,1-2H3;1H2. The van der Waals surface area contributed by atoms with Crippen molar-refractivity contribution in [2.24, 2.45) is 0 Å². The molecule has 1 aromatic carbocycles. The smallest absolute Gasteiger partial charge is 0.347 e. The van der Waals surface area contributed by atoms with Crippen molar-refractivity contribution in [3.8, 4) is 0 Å². The first-order valence-electron chi connectivity index (χ1n) is 5.40. The summed E-state index contributed by atoms with van der Waals surface area (Å²) in [7, 11) is -1.45. The Hall–Kier alpha value is -1.14. The predicted molar refractivity (Wildman–Crippen MR) is 75.1 cm³/mol. The molecule has 0 aromatic heterocycles. The largest absolute Gasteiger partial charge is 0.412 e. The van der Waals surface area contributed by atoms with Crippen molar-refractivity contribution in [1.82, 2.24) is 0 Å². The lowest BCUT2D eigenvalue weighted by Crippen LogP contribution is -2.19. The van der Waals surface area contributed by atoms with Crippen LogP contribution in [0.25, 0.3) is 0 Å². The van der Waals surface area contributed by atoms with Crippen LogP contribution in [0.5, 0.6) is 0 Å². The van der Waals surface area contributed by atoms with Gasteiger partial charge in [-0.25, -0.2) is 0 Å². The van der Waals surface area contributed by atoms with Gasteiger partial charge in [0.25, 0.3) is 0 Å². The number of benzene rings is 1. The van der Waals surface area contributed by atoms with Gasteiger partial charge in [-0.2, -0.15) is 0 Å². The SMILES string of the molecule is C=C[SiH](OCC)OCC.Nc1ccccc1.O. The van der Waals surface area contributed by atoms with E-state index in [-0.39, 0.29) is 5.48 Å². The van der Waals surface area contributed by atoms with Crippen molar-refractivity contribution >= 4 is 15.0 Å². The Morgan fingerprint density at radius 2 is 1.65 bits per heavy atom. The van der Waals surface area contributed by atoms with E-state index < -0.39 is 9.28 Å². The van der Waals surface area contributed by atoms with Crippen molar-refractivity contribution in [3.05, 3.63) is 42.6 Å². The van der Waals surface area contributed by atoms with E-state index in [1.165, 1.54) is 0 Å². The molecule has 4 N–H and O–H groups in total. The van der Waals surface area contributed by atoms with Gasteiger partial charge in [-0.05, 0) is 26.0 Å². The summed E-state index contributed by atoms with van der Waals surface area (Å²) in [6.45, 7) is 8.98. The Balaban J connectivity index is 0. The molecule has 4 nitrogen and oxygen atoms in total. The van der Waals surface area contributed by atoms with Crippen LogP contribution in [0.1, 0.15) is 13.8 Å². The molecule has 0 spiro atoms. The average Bonchev–Trinajstić information content (AvgIpc) is 2.30. The van der Waals surface area contributed by atoms with Crippen molar-refractivity contribution in [2.45, 2.75) is 13.8 Å². The molecule has 0 amide bonds. The van der Waals surface area contributed by atoms with Crippen LogP contribution < -0.4 is 5.73 Å². The molecule has 0 saturated heterocycles. The molecular weight excluding hydrogens is 234 g/mol. The topological polar surface area (TPSA) is 76.0 Å². The van der Waals surface area contributed by atoms with Crippen molar-refractivity contribution in [3.63, 3.8) is 0 Å². The molecular formula is C12H23NO3Si. The van der Waals surface area contributed by atoms with Crippen LogP contribution in [0.3, 0.4) is 0 Å². The normalized spacial score (nSPS) is 8.88. The van der Waals surface area contributed by atoms with E-state index in [9.17, 15) is 0 Å². The maximum absolute atomic E-state index is 5.36. The first kappa shape index (κ1) is 18.2. The molecule has 5 heteroatoms. The third-order valence-corrected chi connectivity index (χ3v) is 3.36. The molecule has 0 aliphatic heterocycles. The lowest BCUT2D eigenvalue weighted by molar-refractivity contribution is 0.224. The van der Waals surface area contributed by atoms with Crippen LogP contribution in [0.4, 0.5) is 5.69 Å². The zero-order valence-electron chi connectivity index (χ0n) is 10.6. The second-order valence-electron chi connectivity index (χ2n) is 2.93. The summed E-state index contributed by atoms with van der Waals surface area (Å²) < 4.78 is 10.5. The fourth-order valence-electron chi connectivity index (χ4n) is 0.966. The molecule has 0 bridgehead atoms. The van der Waals surface area contributed by atoms with Gasteiger partial charge in [0.2, 0.25) is 0 Å². The number of anilines is 1. The first-order valence-corrected chi connectivity index (χ1v) is 7.01. The van der Waals surface area contributed by atoms with Gasteiger partial charge in [0.05, 0.1) is 0 Å². The summed E-state index contributed by atoms with van der Waals surface area (Å²) in [5.41, 5.74) is 7.96. The van der Waals surface area contributed by atoms with Gasteiger partial charge in [0, 0.05) is 18.9 Å². The highest BCUT2D eigenvalue weighted by Crippen LogP contribution is 1.95. The van der Waals surface area contributed by atoms with Crippen molar-refractivity contribution in [1.29, 1.82) is 0 Å². The summed E-state index contributed by atoms with van der Waals surface area (Å²) >= 11 is 0. The van der Waals surface area contributed by atoms with E-state index in [2.05, 4.69) is 6.58 Å². The lowest BCUT2D eigenvalue weighted by Gasteiger charge is -2.08. The maximum Gasteiger partial charge on any atom is 0.347 e. The molecule has 0 saturated carbocycles. The first-order chi connectivity index (χ1) is 7.74. The van der Waals surface area contributed by atoms with Crippen LogP contribution in [0, 0.1) is 0 Å². The zero-order valence-corrected chi connectivity index (χ0v) is 11.7. The fraction of sp³-hybridized carbons (Fsp3) is 0.333. The van der Waals surface area contributed by atoms with Crippen LogP contribution in [-0.4, -0.2) is 28.0 Å². The number of rotatable bonds is 5. The van der Waals surface area contributed by atoms with E-state index in [1.54, 1.807) is 5.70 Å². The number of hydrogen-bond donors (Lipinski definition) is 1. The zero-order chi connectivity index (χ0) is 12.2. The Morgan fingerprint density at radius 1 is 1.18 bits per heavy atom. The van der Waals surface area contributed by atoms with Gasteiger partial charge in [-0.15, -0.1) is 6.58 Å². The lowest BCUT2D eigenvalue weighted by atomic mass is 10.3. The molecule has 0 aliphatic carbocycles.